The van der Waals surface area contributed by atoms with Crippen LogP contribution in [0.2, 0.25) is 0 Å². The first-order chi connectivity index (χ1) is 15.2. The fourth-order valence-electron chi connectivity index (χ4n) is 3.72. The Labute approximate surface area is 183 Å². The number of guanidine groups is 1. The van der Waals surface area contributed by atoms with E-state index in [4.69, 9.17) is 4.74 Å². The Morgan fingerprint density at radius 3 is 2.68 bits per heavy atom. The van der Waals surface area contributed by atoms with Crippen LogP contribution in [0.25, 0.3) is 0 Å². The van der Waals surface area contributed by atoms with E-state index in [1.165, 1.54) is 5.69 Å². The van der Waals surface area contributed by atoms with Gasteiger partial charge in [-0.25, -0.2) is 0 Å². The lowest BCUT2D eigenvalue weighted by molar-refractivity contribution is -0.123. The second kappa shape index (κ2) is 10.2. The van der Waals surface area contributed by atoms with Crippen LogP contribution in [0.15, 0.2) is 59.6 Å². The third-order valence-electron chi connectivity index (χ3n) is 5.54. The predicted molar refractivity (Wildman–Crippen MR) is 123 cm³/mol. The number of benzene rings is 2. The van der Waals surface area contributed by atoms with Crippen LogP contribution in [0.4, 0.5) is 5.69 Å². The third-order valence-corrected chi connectivity index (χ3v) is 5.54. The third kappa shape index (κ3) is 6.38. The van der Waals surface area contributed by atoms with Crippen molar-refractivity contribution < 1.29 is 9.53 Å². The Morgan fingerprint density at radius 1 is 1.06 bits per heavy atom. The number of nitrogens with one attached hydrogen (secondary N) is 3. The first kappa shape index (κ1) is 21.0. The first-order valence-corrected chi connectivity index (χ1v) is 11.0. The van der Waals surface area contributed by atoms with Crippen LogP contribution >= 0.6 is 0 Å². The van der Waals surface area contributed by atoms with Gasteiger partial charge >= 0.3 is 0 Å². The number of anilines is 1. The van der Waals surface area contributed by atoms with Crippen molar-refractivity contribution in [2.45, 2.75) is 37.9 Å². The van der Waals surface area contributed by atoms with Crippen molar-refractivity contribution in [3.05, 3.63) is 60.2 Å². The van der Waals surface area contributed by atoms with E-state index in [1.807, 2.05) is 30.3 Å². The highest BCUT2D eigenvalue weighted by atomic mass is 16.5. The summed E-state index contributed by atoms with van der Waals surface area (Å²) in [4.78, 5) is 18.6. The van der Waals surface area contributed by atoms with Crippen LogP contribution in [0.3, 0.4) is 0 Å². The largest absolute Gasteiger partial charge is 0.484 e. The average molecular weight is 422 g/mol. The van der Waals surface area contributed by atoms with Gasteiger partial charge in [-0.15, -0.1) is 0 Å². The van der Waals surface area contributed by atoms with Gasteiger partial charge < -0.3 is 25.6 Å². The molecule has 2 aromatic rings. The minimum atomic E-state index is -0.0586. The van der Waals surface area contributed by atoms with Gasteiger partial charge in [0.05, 0.1) is 0 Å². The molecule has 1 aliphatic carbocycles. The van der Waals surface area contributed by atoms with Gasteiger partial charge in [0.2, 0.25) is 0 Å². The molecule has 31 heavy (non-hydrogen) atoms. The SMILES string of the molecule is CN=C(NCc1cccc(OCC(=O)NC2CC2)c1)NC1CCN(c2ccccc2)C1. The molecule has 7 nitrogen and oxygen atoms in total. The summed E-state index contributed by atoms with van der Waals surface area (Å²) in [6.07, 6.45) is 3.22. The fourth-order valence-corrected chi connectivity index (χ4v) is 3.72. The maximum atomic E-state index is 11.8. The number of hydrogen-bond acceptors (Lipinski definition) is 4. The molecule has 164 valence electrons. The number of carbonyl (C=O) groups is 1. The summed E-state index contributed by atoms with van der Waals surface area (Å²) in [5.41, 5.74) is 2.33. The monoisotopic (exact) mass is 421 g/mol. The molecule has 0 bridgehead atoms. The van der Waals surface area contributed by atoms with Crippen LogP contribution in [-0.2, 0) is 11.3 Å². The van der Waals surface area contributed by atoms with Crippen LogP contribution < -0.4 is 25.6 Å². The molecular formula is C24H31N5O2. The number of para-hydroxylation sites is 1. The lowest BCUT2D eigenvalue weighted by Crippen LogP contribution is -2.44. The van der Waals surface area contributed by atoms with Gasteiger partial charge in [-0.1, -0.05) is 30.3 Å². The van der Waals surface area contributed by atoms with E-state index in [1.54, 1.807) is 7.05 Å². The lowest BCUT2D eigenvalue weighted by Gasteiger charge is -2.20. The minimum absolute atomic E-state index is 0.0518. The van der Waals surface area contributed by atoms with Crippen LogP contribution in [0.1, 0.15) is 24.8 Å². The number of carbonyl (C=O) groups excluding carboxylic acids is 1. The van der Waals surface area contributed by atoms with Crippen LogP contribution in [-0.4, -0.2) is 50.7 Å². The highest BCUT2D eigenvalue weighted by molar-refractivity contribution is 5.80. The topological polar surface area (TPSA) is 78.0 Å². The zero-order chi connectivity index (χ0) is 21.5. The van der Waals surface area contributed by atoms with E-state index >= 15 is 0 Å². The quantitative estimate of drug-likeness (QED) is 0.450. The van der Waals surface area contributed by atoms with E-state index < -0.39 is 0 Å². The summed E-state index contributed by atoms with van der Waals surface area (Å²) in [6.45, 7) is 2.67. The predicted octanol–water partition coefficient (Wildman–Crippen LogP) is 2.29. The molecule has 2 fully saturated rings. The number of nitrogens with zero attached hydrogens (tertiary/aromatic N) is 2. The Bertz CT molecular complexity index is 898. The minimum Gasteiger partial charge on any atom is -0.484 e. The summed E-state index contributed by atoms with van der Waals surface area (Å²) in [5, 5.41) is 9.84. The zero-order valence-electron chi connectivity index (χ0n) is 18.0. The molecule has 0 aromatic heterocycles. The molecule has 1 saturated carbocycles. The van der Waals surface area contributed by atoms with Crippen LogP contribution in [0, 0.1) is 0 Å². The molecule has 7 heteroatoms. The van der Waals surface area contributed by atoms with Gasteiger partial charge in [0.25, 0.3) is 5.91 Å². The Hall–Kier alpha value is -3.22. The first-order valence-electron chi connectivity index (χ1n) is 11.0. The molecular weight excluding hydrogens is 390 g/mol. The second-order valence-electron chi connectivity index (χ2n) is 8.12. The normalized spacial score (nSPS) is 18.5. The number of ether oxygens (including phenoxy) is 1. The molecule has 0 radical (unpaired) electrons. The summed E-state index contributed by atoms with van der Waals surface area (Å²) in [5.74, 6) is 1.43. The number of rotatable bonds is 8. The average Bonchev–Trinajstić information content (AvgIpc) is 3.49. The van der Waals surface area contributed by atoms with Crippen molar-refractivity contribution in [1.29, 1.82) is 0 Å². The summed E-state index contributed by atoms with van der Waals surface area (Å²) in [7, 11) is 1.79. The highest BCUT2D eigenvalue weighted by Crippen LogP contribution is 2.20. The molecule has 3 N–H and O–H groups in total. The maximum Gasteiger partial charge on any atom is 0.258 e. The van der Waals surface area contributed by atoms with Crippen molar-refractivity contribution in [1.82, 2.24) is 16.0 Å². The number of hydrogen-bond donors (Lipinski definition) is 3. The Morgan fingerprint density at radius 2 is 1.90 bits per heavy atom. The van der Waals surface area contributed by atoms with Gasteiger partial charge in [0, 0.05) is 44.5 Å². The summed E-state index contributed by atoms with van der Waals surface area (Å²) < 4.78 is 5.64. The number of amides is 1. The van der Waals surface area contributed by atoms with E-state index in [-0.39, 0.29) is 12.5 Å². The van der Waals surface area contributed by atoms with Crippen LogP contribution in [0.5, 0.6) is 5.75 Å². The van der Waals surface area contributed by atoms with Crippen molar-refractivity contribution in [2.24, 2.45) is 4.99 Å². The van der Waals surface area contributed by atoms with Crippen molar-refractivity contribution in [2.75, 3.05) is 31.6 Å². The molecule has 1 heterocycles. The summed E-state index contributed by atoms with van der Waals surface area (Å²) in [6, 6.07) is 19.0. The van der Waals surface area contributed by atoms with Crippen molar-refractivity contribution >= 4 is 17.6 Å². The Kier molecular flexibility index (Phi) is 6.92. The summed E-state index contributed by atoms with van der Waals surface area (Å²) >= 11 is 0. The molecule has 1 atom stereocenters. The molecule has 4 rings (SSSR count). The molecule has 0 spiro atoms. The fraction of sp³-hybridized carbons (Fsp3) is 0.417. The molecule has 1 saturated heterocycles. The van der Waals surface area contributed by atoms with Gasteiger partial charge in [0.15, 0.2) is 12.6 Å². The van der Waals surface area contributed by atoms with E-state index in [2.05, 4.69) is 50.1 Å². The van der Waals surface area contributed by atoms with E-state index in [0.717, 1.165) is 43.9 Å². The van der Waals surface area contributed by atoms with Gasteiger partial charge in [0.1, 0.15) is 5.75 Å². The lowest BCUT2D eigenvalue weighted by atomic mass is 10.2. The Balaban J connectivity index is 1.23. The number of aliphatic imine (C=N–C) groups is 1. The highest BCUT2D eigenvalue weighted by Gasteiger charge is 2.24. The van der Waals surface area contributed by atoms with E-state index in [0.29, 0.717) is 24.4 Å². The molecule has 1 aliphatic heterocycles. The second-order valence-corrected chi connectivity index (χ2v) is 8.12. The van der Waals surface area contributed by atoms with Gasteiger partial charge in [-0.2, -0.15) is 0 Å². The molecule has 1 amide bonds. The van der Waals surface area contributed by atoms with Gasteiger partial charge in [-0.3, -0.25) is 9.79 Å². The standard InChI is InChI=1S/C24H31N5O2/c1-25-24(28-20-12-13-29(16-20)21-7-3-2-4-8-21)26-15-18-6-5-9-22(14-18)31-17-23(30)27-19-10-11-19/h2-9,14,19-20H,10-13,15-17H2,1H3,(H,27,30)(H2,25,26,28). The van der Waals surface area contributed by atoms with E-state index in [9.17, 15) is 4.79 Å². The van der Waals surface area contributed by atoms with Gasteiger partial charge in [-0.05, 0) is 49.1 Å². The zero-order valence-corrected chi connectivity index (χ0v) is 18.0. The molecule has 2 aromatic carbocycles. The van der Waals surface area contributed by atoms with Crippen molar-refractivity contribution in [3.8, 4) is 5.75 Å². The van der Waals surface area contributed by atoms with Crippen molar-refractivity contribution in [3.63, 3.8) is 0 Å². The smallest absolute Gasteiger partial charge is 0.258 e. The molecule has 1 unspecified atom stereocenters. The maximum absolute atomic E-state index is 11.8. The molecule has 2 aliphatic rings.